The SMILES string of the molecule is CC(C)(C)/N=N/C(C)(C#N)CCC(=O)OCCCCOC(C)(C)/N=N/C(C)(C)C. The van der Waals surface area contributed by atoms with Gasteiger partial charge in [0.25, 0.3) is 0 Å². The van der Waals surface area contributed by atoms with Gasteiger partial charge in [-0.3, -0.25) is 4.79 Å². The quantitative estimate of drug-likeness (QED) is 0.250. The summed E-state index contributed by atoms with van der Waals surface area (Å²) in [5.74, 6) is -0.336. The van der Waals surface area contributed by atoms with Crippen molar-refractivity contribution in [1.29, 1.82) is 5.26 Å². The van der Waals surface area contributed by atoms with Crippen molar-refractivity contribution < 1.29 is 14.3 Å². The summed E-state index contributed by atoms with van der Waals surface area (Å²) in [5.41, 5.74) is -2.28. The molecule has 0 N–H and O–H groups in total. The molecule has 8 nitrogen and oxygen atoms in total. The van der Waals surface area contributed by atoms with E-state index >= 15 is 0 Å². The Morgan fingerprint density at radius 3 is 1.86 bits per heavy atom. The van der Waals surface area contributed by atoms with E-state index in [-0.39, 0.29) is 29.9 Å². The minimum absolute atomic E-state index is 0.129. The monoisotopic (exact) mass is 409 g/mol. The lowest BCUT2D eigenvalue weighted by molar-refractivity contribution is -0.144. The summed E-state index contributed by atoms with van der Waals surface area (Å²) in [7, 11) is 0. The number of nitriles is 1. The van der Waals surface area contributed by atoms with Gasteiger partial charge < -0.3 is 9.47 Å². The fourth-order valence-corrected chi connectivity index (χ4v) is 1.82. The first-order valence-electron chi connectivity index (χ1n) is 10.2. The van der Waals surface area contributed by atoms with Gasteiger partial charge in [0.1, 0.15) is 0 Å². The van der Waals surface area contributed by atoms with Crippen molar-refractivity contribution in [2.45, 2.75) is 110 Å². The molecule has 0 aliphatic rings. The molecule has 1 atom stereocenters. The minimum Gasteiger partial charge on any atom is -0.466 e. The van der Waals surface area contributed by atoms with Crippen LogP contribution in [0.1, 0.15) is 88.0 Å². The number of rotatable bonds is 11. The molecule has 166 valence electrons. The molecule has 0 bridgehead atoms. The van der Waals surface area contributed by atoms with Crippen LogP contribution in [0.25, 0.3) is 0 Å². The molecule has 29 heavy (non-hydrogen) atoms. The zero-order valence-electron chi connectivity index (χ0n) is 19.7. The Morgan fingerprint density at radius 2 is 1.34 bits per heavy atom. The number of esters is 1. The molecular weight excluding hydrogens is 370 g/mol. The summed E-state index contributed by atoms with van der Waals surface area (Å²) < 4.78 is 11.0. The van der Waals surface area contributed by atoms with Crippen molar-refractivity contribution in [1.82, 2.24) is 0 Å². The van der Waals surface area contributed by atoms with E-state index < -0.39 is 11.3 Å². The van der Waals surface area contributed by atoms with E-state index in [0.717, 1.165) is 6.42 Å². The summed E-state index contributed by atoms with van der Waals surface area (Å²) in [5, 5.41) is 26.1. The van der Waals surface area contributed by atoms with Crippen LogP contribution >= 0.6 is 0 Å². The number of carbonyl (C=O) groups excluding carboxylic acids is 1. The summed E-state index contributed by atoms with van der Waals surface area (Å²) in [6.45, 7) is 17.9. The number of hydrogen-bond acceptors (Lipinski definition) is 8. The van der Waals surface area contributed by atoms with E-state index in [4.69, 9.17) is 9.47 Å². The van der Waals surface area contributed by atoms with Gasteiger partial charge in [0.15, 0.2) is 11.3 Å². The minimum atomic E-state index is -1.02. The number of ether oxygens (including phenoxy) is 2. The molecular formula is C21H39N5O3. The van der Waals surface area contributed by atoms with E-state index in [9.17, 15) is 10.1 Å². The van der Waals surface area contributed by atoms with Crippen LogP contribution in [0.2, 0.25) is 0 Å². The second kappa shape index (κ2) is 11.3. The Hall–Kier alpha value is -1.88. The molecule has 0 saturated heterocycles. The normalized spacial score (nSPS) is 15.4. The third-order valence-electron chi connectivity index (χ3n) is 3.48. The van der Waals surface area contributed by atoms with Gasteiger partial charge in [-0.25, -0.2) is 0 Å². The maximum atomic E-state index is 11.9. The molecule has 0 aromatic rings. The highest BCUT2D eigenvalue weighted by molar-refractivity contribution is 5.69. The van der Waals surface area contributed by atoms with Gasteiger partial charge >= 0.3 is 5.97 Å². The summed E-state index contributed by atoms with van der Waals surface area (Å²) in [6.07, 6.45) is 1.84. The van der Waals surface area contributed by atoms with Crippen LogP contribution in [-0.2, 0) is 14.3 Å². The number of azo groups is 2. The average molecular weight is 410 g/mol. The molecule has 0 spiro atoms. The lowest BCUT2D eigenvalue weighted by atomic mass is 9.99. The molecule has 0 heterocycles. The van der Waals surface area contributed by atoms with Crippen molar-refractivity contribution >= 4 is 5.97 Å². The fraction of sp³-hybridized carbons (Fsp3) is 0.905. The van der Waals surface area contributed by atoms with Gasteiger partial charge in [-0.15, -0.1) is 0 Å². The molecule has 0 aliphatic carbocycles. The second-order valence-electron chi connectivity index (χ2n) is 9.85. The first-order chi connectivity index (χ1) is 13.1. The van der Waals surface area contributed by atoms with E-state index in [2.05, 4.69) is 26.5 Å². The van der Waals surface area contributed by atoms with Crippen molar-refractivity contribution in [3.8, 4) is 6.07 Å². The van der Waals surface area contributed by atoms with Gasteiger partial charge in [-0.1, -0.05) is 0 Å². The molecule has 0 aliphatic heterocycles. The Balaban J connectivity index is 4.13. The number of hydrogen-bond donors (Lipinski definition) is 0. The first-order valence-corrected chi connectivity index (χ1v) is 10.2. The van der Waals surface area contributed by atoms with Gasteiger partial charge in [0.2, 0.25) is 0 Å². The average Bonchev–Trinajstić information content (AvgIpc) is 2.58. The van der Waals surface area contributed by atoms with Crippen LogP contribution in [-0.4, -0.2) is 41.5 Å². The molecule has 0 rings (SSSR count). The summed E-state index contributed by atoms with van der Waals surface area (Å²) in [4.78, 5) is 11.9. The fourth-order valence-electron chi connectivity index (χ4n) is 1.82. The van der Waals surface area contributed by atoms with E-state index in [1.807, 2.05) is 55.4 Å². The van der Waals surface area contributed by atoms with Crippen LogP contribution in [0.4, 0.5) is 0 Å². The maximum absolute atomic E-state index is 11.9. The lowest BCUT2D eigenvalue weighted by Gasteiger charge is -2.21. The largest absolute Gasteiger partial charge is 0.466 e. The Labute approximate surface area is 176 Å². The summed E-state index contributed by atoms with van der Waals surface area (Å²) in [6, 6.07) is 2.12. The second-order valence-corrected chi connectivity index (χ2v) is 9.85. The zero-order valence-corrected chi connectivity index (χ0v) is 19.7. The van der Waals surface area contributed by atoms with Crippen LogP contribution in [0.15, 0.2) is 20.5 Å². The molecule has 8 heteroatoms. The molecule has 0 fully saturated rings. The van der Waals surface area contributed by atoms with Crippen molar-refractivity contribution in [3.63, 3.8) is 0 Å². The van der Waals surface area contributed by atoms with E-state index in [1.54, 1.807) is 6.92 Å². The standard InChI is InChI=1S/C21H39N5O3/c1-18(2,3)23-25-20(7,8)29-15-11-10-14-28-17(27)12-13-21(9,16-22)26-24-19(4,5)6/h10-15H2,1-9H3/b25-23+,26-24+. The van der Waals surface area contributed by atoms with Crippen molar-refractivity contribution in [3.05, 3.63) is 0 Å². The third-order valence-corrected chi connectivity index (χ3v) is 3.48. The Bertz CT molecular complexity index is 609. The van der Waals surface area contributed by atoms with Crippen LogP contribution in [0, 0.1) is 11.3 Å². The predicted octanol–water partition coefficient (Wildman–Crippen LogP) is 5.63. The molecule has 0 radical (unpaired) electrons. The van der Waals surface area contributed by atoms with Crippen LogP contribution < -0.4 is 0 Å². The molecule has 0 aromatic heterocycles. The van der Waals surface area contributed by atoms with E-state index in [0.29, 0.717) is 19.6 Å². The van der Waals surface area contributed by atoms with Crippen molar-refractivity contribution in [2.24, 2.45) is 20.5 Å². The van der Waals surface area contributed by atoms with Crippen LogP contribution in [0.3, 0.4) is 0 Å². The zero-order chi connectivity index (χ0) is 22.8. The third kappa shape index (κ3) is 15.7. The smallest absolute Gasteiger partial charge is 0.305 e. The molecule has 0 saturated carbocycles. The molecule has 0 aromatic carbocycles. The Kier molecular flexibility index (Phi) is 10.6. The van der Waals surface area contributed by atoms with Gasteiger partial charge in [0.05, 0.1) is 23.8 Å². The number of nitrogens with zero attached hydrogens (tertiary/aromatic N) is 5. The van der Waals surface area contributed by atoms with Crippen LogP contribution in [0.5, 0.6) is 0 Å². The van der Waals surface area contributed by atoms with Gasteiger partial charge in [-0.2, -0.15) is 25.7 Å². The Morgan fingerprint density at radius 1 is 0.828 bits per heavy atom. The van der Waals surface area contributed by atoms with Gasteiger partial charge in [0, 0.05) is 13.0 Å². The van der Waals surface area contributed by atoms with E-state index in [1.165, 1.54) is 0 Å². The number of unbranched alkanes of at least 4 members (excludes halogenated alkanes) is 1. The predicted molar refractivity (Wildman–Crippen MR) is 113 cm³/mol. The molecule has 1 unspecified atom stereocenters. The summed E-state index contributed by atoms with van der Waals surface area (Å²) >= 11 is 0. The highest BCUT2D eigenvalue weighted by Crippen LogP contribution is 2.21. The first kappa shape index (κ1) is 27.1. The highest BCUT2D eigenvalue weighted by atomic mass is 16.5. The van der Waals surface area contributed by atoms with Gasteiger partial charge in [-0.05, 0) is 81.6 Å². The maximum Gasteiger partial charge on any atom is 0.305 e. The van der Waals surface area contributed by atoms with Crippen molar-refractivity contribution in [2.75, 3.05) is 13.2 Å². The number of carbonyl (C=O) groups is 1. The topological polar surface area (TPSA) is 109 Å². The highest BCUT2D eigenvalue weighted by Gasteiger charge is 2.26. The lowest BCUT2D eigenvalue weighted by Crippen LogP contribution is -2.23. The molecule has 0 amide bonds.